The summed E-state index contributed by atoms with van der Waals surface area (Å²) in [6, 6.07) is 0. The number of hydrogen-bond donors (Lipinski definition) is 2. The van der Waals surface area contributed by atoms with Gasteiger partial charge in [0.25, 0.3) is 0 Å². The zero-order valence-electron chi connectivity index (χ0n) is 8.96. The summed E-state index contributed by atoms with van der Waals surface area (Å²) in [5.74, 6) is -2.30. The van der Waals surface area contributed by atoms with Gasteiger partial charge in [-0.15, -0.1) is 0 Å². The molecule has 2 unspecified atom stereocenters. The minimum Gasteiger partial charge on any atom is -0.480 e. The fourth-order valence-electron chi connectivity index (χ4n) is 2.07. The van der Waals surface area contributed by atoms with E-state index in [1.807, 2.05) is 0 Å². The Morgan fingerprint density at radius 3 is 2.41 bits per heavy atom. The molecule has 0 bridgehead atoms. The molecule has 1 saturated carbocycles. The van der Waals surface area contributed by atoms with Crippen molar-refractivity contribution in [2.45, 2.75) is 44.4 Å². The number of aliphatic hydroxyl groups is 1. The summed E-state index contributed by atoms with van der Waals surface area (Å²) in [6.45, 7) is 0. The van der Waals surface area contributed by atoms with Crippen molar-refractivity contribution in [1.29, 1.82) is 0 Å². The highest BCUT2D eigenvalue weighted by molar-refractivity contribution is 6.03. The molecule has 7 heteroatoms. The molecule has 0 spiro atoms. The van der Waals surface area contributed by atoms with Crippen molar-refractivity contribution in [3.05, 3.63) is 0 Å². The third kappa shape index (κ3) is 2.77. The van der Waals surface area contributed by atoms with Crippen molar-refractivity contribution in [3.63, 3.8) is 0 Å². The molecule has 0 heterocycles. The van der Waals surface area contributed by atoms with Crippen molar-refractivity contribution in [3.8, 4) is 0 Å². The second-order valence-electron chi connectivity index (χ2n) is 4.28. The number of rotatable bonds is 3. The summed E-state index contributed by atoms with van der Waals surface area (Å²) in [7, 11) is 0. The van der Waals surface area contributed by atoms with E-state index < -0.39 is 35.9 Å². The maximum atomic E-state index is 12.2. The molecule has 2 atom stereocenters. The molecule has 1 rings (SSSR count). The summed E-state index contributed by atoms with van der Waals surface area (Å²) < 4.78 is 36.6. The van der Waals surface area contributed by atoms with Crippen LogP contribution >= 0.6 is 0 Å². The molecule has 1 aliphatic carbocycles. The number of carbonyl (C=O) groups excluding carboxylic acids is 1. The maximum absolute atomic E-state index is 12.2. The maximum Gasteiger partial charge on any atom is 0.414 e. The number of carbonyl (C=O) groups is 2. The van der Waals surface area contributed by atoms with Gasteiger partial charge in [0, 0.05) is 12.8 Å². The summed E-state index contributed by atoms with van der Waals surface area (Å²) >= 11 is 0. The van der Waals surface area contributed by atoms with Crippen LogP contribution in [-0.4, -0.2) is 34.2 Å². The molecule has 0 aromatic heterocycles. The molecule has 1 fully saturated rings. The molecule has 17 heavy (non-hydrogen) atoms. The number of carboxylic acid groups (broad SMARTS) is 1. The number of Topliss-reactive ketones (excluding diaryl/α,β-unsaturated/α-hetero) is 1. The van der Waals surface area contributed by atoms with Crippen LogP contribution in [0.5, 0.6) is 0 Å². The van der Waals surface area contributed by atoms with Gasteiger partial charge < -0.3 is 10.2 Å². The first-order valence-corrected chi connectivity index (χ1v) is 5.21. The van der Waals surface area contributed by atoms with Gasteiger partial charge in [0.2, 0.25) is 0 Å². The zero-order chi connectivity index (χ0) is 13.3. The van der Waals surface area contributed by atoms with Crippen LogP contribution in [0.25, 0.3) is 0 Å². The summed E-state index contributed by atoms with van der Waals surface area (Å²) in [4.78, 5) is 22.6. The highest BCUT2D eigenvalue weighted by Crippen LogP contribution is 2.40. The normalized spacial score (nSPS) is 27.9. The van der Waals surface area contributed by atoms with Gasteiger partial charge in [-0.25, -0.2) is 0 Å². The van der Waals surface area contributed by atoms with E-state index in [0.29, 0.717) is 12.8 Å². The van der Waals surface area contributed by atoms with Crippen molar-refractivity contribution in [2.24, 2.45) is 5.41 Å². The lowest BCUT2D eigenvalue weighted by Crippen LogP contribution is -2.47. The fourth-order valence-corrected chi connectivity index (χ4v) is 2.07. The molecule has 0 amide bonds. The standard InChI is InChI=1S/C10H13F3O4/c11-10(12,13)7(15)5-9(8(16)17)4-2-1-3-6(9)14/h7,15H,1-5H2,(H,16,17). The van der Waals surface area contributed by atoms with Crippen LogP contribution in [-0.2, 0) is 9.59 Å². The largest absolute Gasteiger partial charge is 0.480 e. The molecule has 0 aromatic rings. The number of carboxylic acids is 1. The van der Waals surface area contributed by atoms with Crippen molar-refractivity contribution in [2.75, 3.05) is 0 Å². The second kappa shape index (κ2) is 4.64. The predicted octanol–water partition coefficient (Wildman–Crippen LogP) is 1.51. The number of hydrogen-bond acceptors (Lipinski definition) is 3. The highest BCUT2D eigenvalue weighted by Gasteiger charge is 2.52. The fraction of sp³-hybridized carbons (Fsp3) is 0.800. The lowest BCUT2D eigenvalue weighted by atomic mass is 9.69. The first-order chi connectivity index (χ1) is 7.70. The molecule has 2 N–H and O–H groups in total. The van der Waals surface area contributed by atoms with E-state index in [0.717, 1.165) is 0 Å². The van der Waals surface area contributed by atoms with Crippen LogP contribution in [0.2, 0.25) is 0 Å². The van der Waals surface area contributed by atoms with Gasteiger partial charge in [0.05, 0.1) is 0 Å². The van der Waals surface area contributed by atoms with Crippen LogP contribution in [0.15, 0.2) is 0 Å². The zero-order valence-corrected chi connectivity index (χ0v) is 8.96. The number of alkyl halides is 3. The summed E-state index contributed by atoms with van der Waals surface area (Å²) in [6.07, 6.45) is -8.10. The lowest BCUT2D eigenvalue weighted by Gasteiger charge is -2.33. The Hall–Kier alpha value is -1.11. The minimum atomic E-state index is -4.90. The molecule has 0 saturated heterocycles. The Morgan fingerprint density at radius 1 is 1.41 bits per heavy atom. The lowest BCUT2D eigenvalue weighted by molar-refractivity contribution is -0.214. The average Bonchev–Trinajstić information content (AvgIpc) is 2.19. The van der Waals surface area contributed by atoms with Crippen molar-refractivity contribution < 1.29 is 33.0 Å². The van der Waals surface area contributed by atoms with Crippen LogP contribution in [0.3, 0.4) is 0 Å². The Kier molecular flexibility index (Phi) is 3.81. The van der Waals surface area contributed by atoms with Gasteiger partial charge in [0.1, 0.15) is 11.2 Å². The monoisotopic (exact) mass is 254 g/mol. The second-order valence-corrected chi connectivity index (χ2v) is 4.28. The highest BCUT2D eigenvalue weighted by atomic mass is 19.4. The molecular weight excluding hydrogens is 241 g/mol. The average molecular weight is 254 g/mol. The van der Waals surface area contributed by atoms with Gasteiger partial charge in [-0.05, 0) is 12.8 Å². The quantitative estimate of drug-likeness (QED) is 0.749. The van der Waals surface area contributed by atoms with Gasteiger partial charge >= 0.3 is 12.1 Å². The van der Waals surface area contributed by atoms with Crippen molar-refractivity contribution >= 4 is 11.8 Å². The van der Waals surface area contributed by atoms with E-state index in [1.54, 1.807) is 0 Å². The smallest absolute Gasteiger partial charge is 0.414 e. The third-order valence-corrected chi connectivity index (χ3v) is 3.12. The Balaban J connectivity index is 2.93. The van der Waals surface area contributed by atoms with E-state index >= 15 is 0 Å². The topological polar surface area (TPSA) is 74.6 Å². The van der Waals surface area contributed by atoms with Crippen molar-refractivity contribution in [1.82, 2.24) is 0 Å². The van der Waals surface area contributed by atoms with E-state index in [1.165, 1.54) is 0 Å². The molecule has 0 radical (unpaired) electrons. The van der Waals surface area contributed by atoms with Gasteiger partial charge in [-0.2, -0.15) is 13.2 Å². The first-order valence-electron chi connectivity index (χ1n) is 5.21. The SMILES string of the molecule is O=C(O)C1(CC(O)C(F)(F)F)CCCCC1=O. The molecule has 0 aliphatic heterocycles. The minimum absolute atomic E-state index is 0.0448. The molecule has 98 valence electrons. The first kappa shape index (κ1) is 14.0. The van der Waals surface area contributed by atoms with Gasteiger partial charge in [-0.3, -0.25) is 9.59 Å². The van der Waals surface area contributed by atoms with Crippen LogP contribution in [0.1, 0.15) is 32.1 Å². The van der Waals surface area contributed by atoms with E-state index in [4.69, 9.17) is 10.2 Å². The van der Waals surface area contributed by atoms with E-state index in [-0.39, 0.29) is 12.8 Å². The summed E-state index contributed by atoms with van der Waals surface area (Å²) in [5, 5.41) is 17.9. The molecule has 4 nitrogen and oxygen atoms in total. The van der Waals surface area contributed by atoms with Crippen LogP contribution < -0.4 is 0 Å². The number of aliphatic hydroxyl groups excluding tert-OH is 1. The Labute approximate surface area is 95.4 Å². The number of ketones is 1. The number of aliphatic carboxylic acids is 1. The third-order valence-electron chi connectivity index (χ3n) is 3.12. The molecule has 0 aromatic carbocycles. The van der Waals surface area contributed by atoms with E-state index in [9.17, 15) is 22.8 Å². The molecular formula is C10H13F3O4. The Bertz CT molecular complexity index is 326. The number of halogens is 3. The van der Waals surface area contributed by atoms with Gasteiger partial charge in [-0.1, -0.05) is 6.42 Å². The summed E-state index contributed by atoms with van der Waals surface area (Å²) in [5.41, 5.74) is -2.08. The molecule has 1 aliphatic rings. The van der Waals surface area contributed by atoms with Gasteiger partial charge in [0.15, 0.2) is 6.10 Å². The predicted molar refractivity (Wildman–Crippen MR) is 50.2 cm³/mol. The van der Waals surface area contributed by atoms with E-state index in [2.05, 4.69) is 0 Å². The Morgan fingerprint density at radius 2 is 2.00 bits per heavy atom. The van der Waals surface area contributed by atoms with Crippen LogP contribution in [0, 0.1) is 5.41 Å². The van der Waals surface area contributed by atoms with Crippen LogP contribution in [0.4, 0.5) is 13.2 Å².